The molecule has 1 N–H and O–H groups in total. The van der Waals surface area contributed by atoms with E-state index in [4.69, 9.17) is 16.3 Å². The summed E-state index contributed by atoms with van der Waals surface area (Å²) in [6.07, 6.45) is 1.45. The number of rotatable bonds is 3. The smallest absolute Gasteiger partial charge is 0.133 e. The quantitative estimate of drug-likeness (QED) is 0.616. The van der Waals surface area contributed by atoms with Gasteiger partial charge in [-0.25, -0.2) is 9.37 Å². The van der Waals surface area contributed by atoms with Crippen LogP contribution in [0.25, 0.3) is 10.9 Å². The zero-order valence-electron chi connectivity index (χ0n) is 16.2. The number of hydrogen-bond acceptors (Lipinski definition) is 3. The molecule has 0 fully saturated rings. The van der Waals surface area contributed by atoms with Crippen LogP contribution in [0.15, 0.2) is 36.4 Å². The molecule has 0 saturated carbocycles. The Bertz CT molecular complexity index is 1050. The highest BCUT2D eigenvalue weighted by atomic mass is 35.5. The van der Waals surface area contributed by atoms with Gasteiger partial charge in [0.25, 0.3) is 0 Å². The summed E-state index contributed by atoms with van der Waals surface area (Å²) in [5, 5.41) is 11.8. The topological polar surface area (TPSA) is 42.4 Å². The molecule has 1 aromatic heterocycles. The fraction of sp³-hybridized carbons (Fsp3) is 0.348. The van der Waals surface area contributed by atoms with E-state index in [1.807, 2.05) is 32.9 Å². The van der Waals surface area contributed by atoms with Crippen molar-refractivity contribution in [3.05, 3.63) is 69.6 Å². The Morgan fingerprint density at radius 3 is 2.64 bits per heavy atom. The molecule has 0 radical (unpaired) electrons. The lowest BCUT2D eigenvalue weighted by molar-refractivity contribution is -0.0410. The van der Waals surface area contributed by atoms with Crippen LogP contribution in [0.3, 0.4) is 0 Å². The minimum absolute atomic E-state index is 0.233. The van der Waals surface area contributed by atoms with Gasteiger partial charge in [-0.3, -0.25) is 0 Å². The third kappa shape index (κ3) is 3.47. The van der Waals surface area contributed by atoms with Gasteiger partial charge >= 0.3 is 0 Å². The number of aliphatic hydroxyl groups excluding tert-OH is 1. The molecule has 3 aromatic rings. The zero-order valence-corrected chi connectivity index (χ0v) is 17.0. The van der Waals surface area contributed by atoms with Crippen molar-refractivity contribution in [2.45, 2.75) is 51.7 Å². The van der Waals surface area contributed by atoms with Crippen molar-refractivity contribution in [2.24, 2.45) is 0 Å². The van der Waals surface area contributed by atoms with E-state index in [0.29, 0.717) is 11.6 Å². The number of fused-ring (bicyclic) bond motifs is 2. The van der Waals surface area contributed by atoms with Crippen molar-refractivity contribution in [3.63, 3.8) is 0 Å². The molecular formula is C23H23ClFNO2. The average molecular weight is 400 g/mol. The largest absolute Gasteiger partial charge is 0.485 e. The van der Waals surface area contributed by atoms with E-state index >= 15 is 0 Å². The maximum absolute atomic E-state index is 13.1. The van der Waals surface area contributed by atoms with Gasteiger partial charge in [-0.15, -0.1) is 0 Å². The molecule has 146 valence electrons. The van der Waals surface area contributed by atoms with E-state index in [1.165, 1.54) is 12.1 Å². The van der Waals surface area contributed by atoms with Crippen molar-refractivity contribution in [1.82, 2.24) is 4.98 Å². The number of halogens is 2. The van der Waals surface area contributed by atoms with Gasteiger partial charge in [0.15, 0.2) is 0 Å². The van der Waals surface area contributed by atoms with Gasteiger partial charge in [0.05, 0.1) is 11.6 Å². The molecule has 3 nitrogen and oxygen atoms in total. The number of pyridine rings is 1. The fourth-order valence-corrected chi connectivity index (χ4v) is 4.09. The molecule has 2 heterocycles. The summed E-state index contributed by atoms with van der Waals surface area (Å²) in [6.45, 7) is 5.84. The Labute approximate surface area is 169 Å². The second kappa shape index (κ2) is 7.02. The molecule has 0 aliphatic carbocycles. The predicted octanol–water partition coefficient (Wildman–Crippen LogP) is 5.20. The Kier molecular flexibility index (Phi) is 4.80. The number of benzene rings is 2. The highest BCUT2D eigenvalue weighted by Crippen LogP contribution is 2.38. The van der Waals surface area contributed by atoms with E-state index in [2.05, 4.69) is 4.98 Å². The third-order valence-corrected chi connectivity index (χ3v) is 5.98. The predicted molar refractivity (Wildman–Crippen MR) is 110 cm³/mol. The molecular weight excluding hydrogens is 377 g/mol. The lowest BCUT2D eigenvalue weighted by atomic mass is 9.89. The summed E-state index contributed by atoms with van der Waals surface area (Å²) in [5.41, 5.74) is 4.26. The van der Waals surface area contributed by atoms with E-state index in [9.17, 15) is 9.50 Å². The number of hydrogen-bond donors (Lipinski definition) is 1. The number of aliphatic hydroxyl groups is 1. The van der Waals surface area contributed by atoms with Gasteiger partial charge in [0, 0.05) is 11.8 Å². The molecule has 2 aromatic carbocycles. The molecule has 1 atom stereocenters. The third-order valence-electron chi connectivity index (χ3n) is 5.67. The average Bonchev–Trinajstić information content (AvgIpc) is 2.63. The van der Waals surface area contributed by atoms with Crippen LogP contribution in [-0.4, -0.2) is 21.8 Å². The first-order valence-electron chi connectivity index (χ1n) is 9.48. The van der Waals surface area contributed by atoms with Gasteiger partial charge in [0.1, 0.15) is 22.3 Å². The molecule has 28 heavy (non-hydrogen) atoms. The summed E-state index contributed by atoms with van der Waals surface area (Å²) >= 11 is 6.51. The maximum atomic E-state index is 13.1. The Morgan fingerprint density at radius 1 is 1.21 bits per heavy atom. The lowest BCUT2D eigenvalue weighted by Gasteiger charge is -2.37. The van der Waals surface area contributed by atoms with E-state index < -0.39 is 11.7 Å². The van der Waals surface area contributed by atoms with Gasteiger partial charge in [-0.1, -0.05) is 23.7 Å². The maximum Gasteiger partial charge on any atom is 0.133 e. The van der Waals surface area contributed by atoms with Crippen LogP contribution in [0, 0.1) is 12.7 Å². The second-order valence-corrected chi connectivity index (χ2v) is 8.39. The highest BCUT2D eigenvalue weighted by molar-refractivity contribution is 6.30. The van der Waals surface area contributed by atoms with Crippen molar-refractivity contribution in [1.29, 1.82) is 0 Å². The molecule has 0 unspecified atom stereocenters. The number of aromatic nitrogens is 1. The van der Waals surface area contributed by atoms with Gasteiger partial charge < -0.3 is 9.84 Å². The molecule has 0 amide bonds. The van der Waals surface area contributed by atoms with Crippen molar-refractivity contribution < 1.29 is 14.2 Å². The van der Waals surface area contributed by atoms with E-state index in [0.717, 1.165) is 51.7 Å². The first kappa shape index (κ1) is 19.2. The molecule has 0 spiro atoms. The fourth-order valence-electron chi connectivity index (χ4n) is 3.77. The van der Waals surface area contributed by atoms with E-state index in [-0.39, 0.29) is 5.82 Å². The normalized spacial score (nSPS) is 18.0. The number of ether oxygens (including phenoxy) is 1. The summed E-state index contributed by atoms with van der Waals surface area (Å²) in [5.74, 6) is 0.558. The number of nitrogens with zero attached hydrogens (tertiary/aromatic N) is 1. The SMILES string of the molecule is Cc1c(CCc2ccc(F)cc2)c(Cl)nc2cc3c(cc12)OC(C)(C)[C@H](O)C3. The summed E-state index contributed by atoms with van der Waals surface area (Å²) < 4.78 is 19.2. The molecule has 4 rings (SSSR count). The Morgan fingerprint density at radius 2 is 1.93 bits per heavy atom. The summed E-state index contributed by atoms with van der Waals surface area (Å²) in [4.78, 5) is 4.60. The summed E-state index contributed by atoms with van der Waals surface area (Å²) in [7, 11) is 0. The van der Waals surface area contributed by atoms with Crippen LogP contribution in [0.5, 0.6) is 5.75 Å². The first-order chi connectivity index (χ1) is 13.2. The van der Waals surface area contributed by atoms with E-state index in [1.54, 1.807) is 12.1 Å². The zero-order chi connectivity index (χ0) is 20.1. The molecule has 0 saturated heterocycles. The first-order valence-corrected chi connectivity index (χ1v) is 9.85. The number of aryl methyl sites for hydroxylation is 2. The van der Waals surface area contributed by atoms with Crippen LogP contribution in [0.1, 0.15) is 36.1 Å². The summed E-state index contributed by atoms with van der Waals surface area (Å²) in [6, 6.07) is 10.5. The van der Waals surface area contributed by atoms with Crippen molar-refractivity contribution in [2.75, 3.05) is 0 Å². The second-order valence-electron chi connectivity index (χ2n) is 8.04. The van der Waals surface area contributed by atoms with Gasteiger partial charge in [-0.2, -0.15) is 0 Å². The van der Waals surface area contributed by atoms with Crippen molar-refractivity contribution in [3.8, 4) is 5.75 Å². The Hall–Kier alpha value is -2.17. The standard InChI is InChI=1S/C23H23ClFNO2/c1-13-17(9-6-14-4-7-16(25)8-5-14)22(24)26-19-10-15-11-21(27)23(2,3)28-20(15)12-18(13)19/h4-5,7-8,10,12,21,27H,6,9,11H2,1-3H3/t21-/m1/s1. The van der Waals surface area contributed by atoms with Gasteiger partial charge in [0.2, 0.25) is 0 Å². The molecule has 1 aliphatic rings. The molecule has 1 aliphatic heterocycles. The minimum atomic E-state index is -0.625. The van der Waals surface area contributed by atoms with Crippen LogP contribution in [-0.2, 0) is 19.3 Å². The highest BCUT2D eigenvalue weighted by Gasteiger charge is 2.36. The van der Waals surface area contributed by atoms with Crippen LogP contribution < -0.4 is 4.74 Å². The van der Waals surface area contributed by atoms with Crippen LogP contribution in [0.2, 0.25) is 5.15 Å². The minimum Gasteiger partial charge on any atom is -0.485 e. The monoisotopic (exact) mass is 399 g/mol. The Balaban J connectivity index is 1.71. The molecule has 0 bridgehead atoms. The van der Waals surface area contributed by atoms with Crippen LogP contribution >= 0.6 is 11.6 Å². The van der Waals surface area contributed by atoms with Crippen molar-refractivity contribution >= 4 is 22.5 Å². The van der Waals surface area contributed by atoms with Gasteiger partial charge in [-0.05, 0) is 80.1 Å². The lowest BCUT2D eigenvalue weighted by Crippen LogP contribution is -2.46. The molecule has 5 heteroatoms. The van der Waals surface area contributed by atoms with Crippen LogP contribution in [0.4, 0.5) is 4.39 Å².